The van der Waals surface area contributed by atoms with E-state index in [9.17, 15) is 0 Å². The van der Waals surface area contributed by atoms with Crippen molar-refractivity contribution in [2.75, 3.05) is 50.0 Å². The van der Waals surface area contributed by atoms with Crippen molar-refractivity contribution >= 4 is 11.6 Å². The highest BCUT2D eigenvalue weighted by Gasteiger charge is 2.24. The van der Waals surface area contributed by atoms with Gasteiger partial charge in [-0.15, -0.1) is 0 Å². The average molecular weight is 293 g/mol. The maximum atomic E-state index is 9.02. The molecule has 2 heterocycles. The first kappa shape index (κ1) is 16.0. The highest BCUT2D eigenvalue weighted by Crippen LogP contribution is 2.27. The summed E-state index contributed by atoms with van der Waals surface area (Å²) in [6.07, 6.45) is 0. The zero-order valence-corrected chi connectivity index (χ0v) is 13.6. The molecule has 0 atom stereocenters. The fourth-order valence-electron chi connectivity index (χ4n) is 2.49. The SMILES string of the molecule is Cc1c(N)nc(C(C)(C)C)nc1N1CCN(CCO)CC1. The van der Waals surface area contributed by atoms with Gasteiger partial charge >= 0.3 is 0 Å². The number of aliphatic hydroxyl groups excluding tert-OH is 1. The molecule has 1 aliphatic rings. The maximum absolute atomic E-state index is 9.02. The minimum Gasteiger partial charge on any atom is -0.395 e. The monoisotopic (exact) mass is 293 g/mol. The summed E-state index contributed by atoms with van der Waals surface area (Å²) in [5, 5.41) is 9.02. The highest BCUT2D eigenvalue weighted by molar-refractivity contribution is 5.57. The number of anilines is 2. The molecule has 1 fully saturated rings. The number of hydrogen-bond donors (Lipinski definition) is 2. The zero-order chi connectivity index (χ0) is 15.6. The molecule has 0 unspecified atom stereocenters. The highest BCUT2D eigenvalue weighted by atomic mass is 16.3. The van der Waals surface area contributed by atoms with Crippen molar-refractivity contribution in [2.24, 2.45) is 0 Å². The van der Waals surface area contributed by atoms with Gasteiger partial charge in [-0.2, -0.15) is 0 Å². The normalized spacial score (nSPS) is 17.3. The Bertz CT molecular complexity index is 490. The van der Waals surface area contributed by atoms with Crippen LogP contribution in [0.4, 0.5) is 11.6 Å². The maximum Gasteiger partial charge on any atom is 0.138 e. The lowest BCUT2D eigenvalue weighted by molar-refractivity contribution is 0.188. The molecule has 3 N–H and O–H groups in total. The Labute approximate surface area is 127 Å². The Morgan fingerprint density at radius 1 is 1.14 bits per heavy atom. The van der Waals surface area contributed by atoms with E-state index in [0.717, 1.165) is 49.9 Å². The first-order chi connectivity index (χ1) is 9.82. The van der Waals surface area contributed by atoms with Gasteiger partial charge in [-0.3, -0.25) is 4.90 Å². The molecule has 118 valence electrons. The lowest BCUT2D eigenvalue weighted by Crippen LogP contribution is -2.47. The second-order valence-electron chi connectivity index (χ2n) is 6.68. The topological polar surface area (TPSA) is 78.5 Å². The molecule has 0 amide bonds. The van der Waals surface area contributed by atoms with Crippen LogP contribution in [0.15, 0.2) is 0 Å². The van der Waals surface area contributed by atoms with Gasteiger partial charge in [-0.1, -0.05) is 20.8 Å². The molecule has 6 heteroatoms. The molecule has 0 aromatic carbocycles. The predicted octanol–water partition coefficient (Wildman–Crippen LogP) is 0.779. The Hall–Kier alpha value is -1.40. The van der Waals surface area contributed by atoms with Crippen LogP contribution >= 0.6 is 0 Å². The van der Waals surface area contributed by atoms with Gasteiger partial charge in [-0.25, -0.2) is 9.97 Å². The first-order valence-electron chi connectivity index (χ1n) is 7.55. The van der Waals surface area contributed by atoms with Gasteiger partial charge < -0.3 is 15.7 Å². The number of aromatic nitrogens is 2. The van der Waals surface area contributed by atoms with Crippen molar-refractivity contribution in [3.05, 3.63) is 11.4 Å². The molecule has 0 aliphatic carbocycles. The van der Waals surface area contributed by atoms with E-state index in [2.05, 4.69) is 35.6 Å². The molecule has 1 saturated heterocycles. The van der Waals surface area contributed by atoms with E-state index in [1.807, 2.05) is 6.92 Å². The van der Waals surface area contributed by atoms with Crippen LogP contribution in [0, 0.1) is 6.92 Å². The second kappa shape index (κ2) is 6.15. The van der Waals surface area contributed by atoms with E-state index in [-0.39, 0.29) is 12.0 Å². The molecule has 0 saturated carbocycles. The number of nitrogen functional groups attached to an aromatic ring is 1. The van der Waals surface area contributed by atoms with Crippen LogP contribution in [0.3, 0.4) is 0 Å². The smallest absolute Gasteiger partial charge is 0.138 e. The second-order valence-corrected chi connectivity index (χ2v) is 6.68. The van der Waals surface area contributed by atoms with E-state index in [1.165, 1.54) is 0 Å². The fraction of sp³-hybridized carbons (Fsp3) is 0.733. The third kappa shape index (κ3) is 3.63. The third-order valence-corrected chi connectivity index (χ3v) is 3.92. The summed E-state index contributed by atoms with van der Waals surface area (Å²) in [4.78, 5) is 13.7. The van der Waals surface area contributed by atoms with Crippen LogP contribution in [0.1, 0.15) is 32.2 Å². The summed E-state index contributed by atoms with van der Waals surface area (Å²) in [6.45, 7) is 12.9. The molecule has 0 radical (unpaired) electrons. The molecule has 1 aromatic heterocycles. The van der Waals surface area contributed by atoms with Gasteiger partial charge in [-0.05, 0) is 6.92 Å². The minimum absolute atomic E-state index is 0.116. The van der Waals surface area contributed by atoms with Gasteiger partial charge in [0.05, 0.1) is 6.61 Å². The molecule has 6 nitrogen and oxygen atoms in total. The molecular formula is C15H27N5O. The molecule has 1 aromatic rings. The van der Waals surface area contributed by atoms with E-state index in [0.29, 0.717) is 5.82 Å². The Morgan fingerprint density at radius 2 is 1.76 bits per heavy atom. The van der Waals surface area contributed by atoms with Crippen LogP contribution < -0.4 is 10.6 Å². The molecule has 0 bridgehead atoms. The summed E-state index contributed by atoms with van der Waals surface area (Å²) in [7, 11) is 0. The number of β-amino-alcohol motifs (C(OH)–C–C–N with tert-alkyl or cyclic N) is 1. The van der Waals surface area contributed by atoms with Gasteiger partial charge in [0.1, 0.15) is 17.5 Å². The third-order valence-electron chi connectivity index (χ3n) is 3.92. The summed E-state index contributed by atoms with van der Waals surface area (Å²) in [5.74, 6) is 2.32. The summed E-state index contributed by atoms with van der Waals surface area (Å²) < 4.78 is 0. The van der Waals surface area contributed by atoms with Crippen LogP contribution in [-0.4, -0.2) is 59.3 Å². The van der Waals surface area contributed by atoms with Crippen molar-refractivity contribution in [1.29, 1.82) is 0 Å². The molecule has 21 heavy (non-hydrogen) atoms. The molecule has 1 aliphatic heterocycles. The zero-order valence-electron chi connectivity index (χ0n) is 13.6. The van der Waals surface area contributed by atoms with Gasteiger partial charge in [0.25, 0.3) is 0 Å². The molecular weight excluding hydrogens is 266 g/mol. The van der Waals surface area contributed by atoms with Crippen LogP contribution in [-0.2, 0) is 5.41 Å². The number of nitrogens with two attached hydrogens (primary N) is 1. The van der Waals surface area contributed by atoms with Crippen molar-refractivity contribution in [3.8, 4) is 0 Å². The fourth-order valence-corrected chi connectivity index (χ4v) is 2.49. The lowest BCUT2D eigenvalue weighted by Gasteiger charge is -2.36. The van der Waals surface area contributed by atoms with Crippen molar-refractivity contribution in [1.82, 2.24) is 14.9 Å². The quantitative estimate of drug-likeness (QED) is 0.857. The summed E-state index contributed by atoms with van der Waals surface area (Å²) >= 11 is 0. The summed E-state index contributed by atoms with van der Waals surface area (Å²) in [5.41, 5.74) is 6.92. The largest absolute Gasteiger partial charge is 0.395 e. The predicted molar refractivity (Wildman–Crippen MR) is 85.6 cm³/mol. The lowest BCUT2D eigenvalue weighted by atomic mass is 9.95. The van der Waals surface area contributed by atoms with Crippen LogP contribution in [0.25, 0.3) is 0 Å². The first-order valence-corrected chi connectivity index (χ1v) is 7.55. The number of nitrogens with zero attached hydrogens (tertiary/aromatic N) is 4. The van der Waals surface area contributed by atoms with E-state index in [1.54, 1.807) is 0 Å². The van der Waals surface area contributed by atoms with Crippen LogP contribution in [0.2, 0.25) is 0 Å². The van der Waals surface area contributed by atoms with Crippen molar-refractivity contribution in [2.45, 2.75) is 33.1 Å². The van der Waals surface area contributed by atoms with Crippen molar-refractivity contribution < 1.29 is 5.11 Å². The molecule has 2 rings (SSSR count). The van der Waals surface area contributed by atoms with E-state index < -0.39 is 0 Å². The Balaban J connectivity index is 2.22. The molecule has 0 spiro atoms. The minimum atomic E-state index is -0.116. The number of piperazine rings is 1. The number of hydrogen-bond acceptors (Lipinski definition) is 6. The van der Waals surface area contributed by atoms with Crippen molar-refractivity contribution in [3.63, 3.8) is 0 Å². The van der Waals surface area contributed by atoms with Gasteiger partial charge in [0.2, 0.25) is 0 Å². The Morgan fingerprint density at radius 3 is 2.29 bits per heavy atom. The Kier molecular flexibility index (Phi) is 4.68. The number of rotatable bonds is 3. The van der Waals surface area contributed by atoms with E-state index >= 15 is 0 Å². The number of aliphatic hydroxyl groups is 1. The van der Waals surface area contributed by atoms with E-state index in [4.69, 9.17) is 15.8 Å². The average Bonchev–Trinajstić information content (AvgIpc) is 2.42. The van der Waals surface area contributed by atoms with Gasteiger partial charge in [0, 0.05) is 43.7 Å². The van der Waals surface area contributed by atoms with Gasteiger partial charge in [0.15, 0.2) is 0 Å². The van der Waals surface area contributed by atoms with Crippen LogP contribution in [0.5, 0.6) is 0 Å². The summed E-state index contributed by atoms with van der Waals surface area (Å²) in [6, 6.07) is 0. The standard InChI is InChI=1S/C15H27N5O/c1-11-12(16)17-14(15(2,3)4)18-13(11)20-7-5-19(6-8-20)9-10-21/h21H,5-10H2,1-4H3,(H2,16,17,18).